The van der Waals surface area contributed by atoms with Crippen LogP contribution >= 0.6 is 11.6 Å². The Balaban J connectivity index is 1.69. The number of ether oxygens (including phenoxy) is 2. The number of nitriles is 1. The summed E-state index contributed by atoms with van der Waals surface area (Å²) < 4.78 is 19.2. The highest BCUT2D eigenvalue weighted by atomic mass is 35.5. The van der Waals surface area contributed by atoms with E-state index >= 15 is 0 Å². The second kappa shape index (κ2) is 8.26. The Hall–Kier alpha value is -3.26. The van der Waals surface area contributed by atoms with Crippen LogP contribution < -0.4 is 5.56 Å². The number of halogens is 1. The molecule has 170 valence electrons. The van der Waals surface area contributed by atoms with Crippen LogP contribution in [0.1, 0.15) is 31.2 Å². The van der Waals surface area contributed by atoms with Crippen molar-refractivity contribution in [2.75, 3.05) is 26.9 Å². The number of imidazole rings is 1. The highest BCUT2D eigenvalue weighted by molar-refractivity contribution is 6.32. The van der Waals surface area contributed by atoms with Gasteiger partial charge in [-0.25, -0.2) is 4.98 Å². The van der Waals surface area contributed by atoms with E-state index in [2.05, 4.69) is 28.1 Å². The lowest BCUT2D eigenvalue weighted by Crippen LogP contribution is -2.26. The molecule has 1 fully saturated rings. The molecule has 5 rings (SSSR count). The molecule has 11 heteroatoms. The normalized spacial score (nSPS) is 14.7. The van der Waals surface area contributed by atoms with E-state index in [9.17, 15) is 10.1 Å². The molecule has 10 nitrogen and oxygen atoms in total. The summed E-state index contributed by atoms with van der Waals surface area (Å²) in [6.45, 7) is 3.36. The number of benzene rings is 1. The third-order valence-electron chi connectivity index (χ3n) is 6.02. The molecule has 0 amide bonds. The Labute approximate surface area is 193 Å². The average molecular weight is 469 g/mol. The van der Waals surface area contributed by atoms with Gasteiger partial charge in [-0.15, -0.1) is 0 Å². The van der Waals surface area contributed by atoms with E-state index in [0.29, 0.717) is 35.8 Å². The summed E-state index contributed by atoms with van der Waals surface area (Å²) in [7, 11) is 1.59. The second-order valence-corrected chi connectivity index (χ2v) is 8.67. The van der Waals surface area contributed by atoms with Crippen LogP contribution in [0.4, 0.5) is 0 Å². The molecule has 0 spiro atoms. The second-order valence-electron chi connectivity index (χ2n) is 8.26. The summed E-state index contributed by atoms with van der Waals surface area (Å²) in [6, 6.07) is 5.50. The van der Waals surface area contributed by atoms with Gasteiger partial charge in [-0.3, -0.25) is 9.20 Å². The van der Waals surface area contributed by atoms with Gasteiger partial charge in [0, 0.05) is 19.1 Å². The van der Waals surface area contributed by atoms with E-state index < -0.39 is 0 Å². The molecule has 0 radical (unpaired) electrons. The number of fused-ring (bicyclic) bond motifs is 3. The largest absolute Gasteiger partial charge is 0.382 e. The zero-order valence-electron chi connectivity index (χ0n) is 18.2. The summed E-state index contributed by atoms with van der Waals surface area (Å²) in [5.74, 6) is 0.805. The molecule has 0 saturated heterocycles. The zero-order chi connectivity index (χ0) is 23.2. The predicted molar refractivity (Wildman–Crippen MR) is 119 cm³/mol. The molecule has 3 heterocycles. The number of nitrogens with zero attached hydrogens (tertiary/aromatic N) is 6. The number of rotatable bonds is 8. The molecule has 0 aliphatic heterocycles. The molecule has 1 saturated carbocycles. The first kappa shape index (κ1) is 21.6. The predicted octanol–water partition coefficient (Wildman–Crippen LogP) is 2.94. The Bertz CT molecular complexity index is 1460. The van der Waals surface area contributed by atoms with Crippen molar-refractivity contribution in [1.82, 2.24) is 24.1 Å². The van der Waals surface area contributed by atoms with E-state index in [1.54, 1.807) is 23.6 Å². The highest BCUT2D eigenvalue weighted by Crippen LogP contribution is 2.46. The highest BCUT2D eigenvalue weighted by Gasteiger charge is 2.44. The molecule has 0 bridgehead atoms. The van der Waals surface area contributed by atoms with Crippen LogP contribution in [0, 0.1) is 11.3 Å². The van der Waals surface area contributed by atoms with Crippen molar-refractivity contribution in [3.8, 4) is 17.7 Å². The van der Waals surface area contributed by atoms with Crippen molar-refractivity contribution in [3.63, 3.8) is 0 Å². The van der Waals surface area contributed by atoms with Gasteiger partial charge < -0.3 is 18.6 Å². The van der Waals surface area contributed by atoms with Crippen molar-refractivity contribution in [2.24, 2.45) is 0 Å². The van der Waals surface area contributed by atoms with Crippen molar-refractivity contribution in [2.45, 2.75) is 31.7 Å². The van der Waals surface area contributed by atoms with Gasteiger partial charge in [-0.05, 0) is 25.0 Å². The zero-order valence-corrected chi connectivity index (χ0v) is 18.9. The minimum atomic E-state index is -0.360. The summed E-state index contributed by atoms with van der Waals surface area (Å²) in [5.41, 5.74) is 1.37. The van der Waals surface area contributed by atoms with Gasteiger partial charge in [0.1, 0.15) is 17.9 Å². The number of methoxy groups -OCH3 is 1. The van der Waals surface area contributed by atoms with Crippen LogP contribution in [-0.2, 0) is 21.4 Å². The van der Waals surface area contributed by atoms with Crippen LogP contribution in [0.25, 0.3) is 28.1 Å². The SMILES string of the molecule is COCCOCCn1c(=O)c2c(-c3nc(C4(C)CC4)no3)ncn2c2ccc(Cl)c(C#N)c21. The lowest BCUT2D eigenvalue weighted by molar-refractivity contribution is 0.0667. The van der Waals surface area contributed by atoms with E-state index in [4.69, 9.17) is 25.6 Å². The molecule has 4 aromatic rings. The van der Waals surface area contributed by atoms with Gasteiger partial charge in [-0.1, -0.05) is 23.7 Å². The van der Waals surface area contributed by atoms with Crippen molar-refractivity contribution in [3.05, 3.63) is 45.2 Å². The Morgan fingerprint density at radius 1 is 1.27 bits per heavy atom. The van der Waals surface area contributed by atoms with Crippen LogP contribution in [0.3, 0.4) is 0 Å². The van der Waals surface area contributed by atoms with Crippen LogP contribution in [0.5, 0.6) is 0 Å². The summed E-state index contributed by atoms with van der Waals surface area (Å²) >= 11 is 6.29. The molecular formula is C22H21ClN6O4. The molecule has 1 aromatic carbocycles. The first-order chi connectivity index (χ1) is 16.0. The van der Waals surface area contributed by atoms with E-state index in [1.807, 2.05) is 0 Å². The Morgan fingerprint density at radius 2 is 2.09 bits per heavy atom. The van der Waals surface area contributed by atoms with Gasteiger partial charge in [0.25, 0.3) is 11.4 Å². The van der Waals surface area contributed by atoms with E-state index in [0.717, 1.165) is 12.8 Å². The first-order valence-corrected chi connectivity index (χ1v) is 10.9. The molecular weight excluding hydrogens is 448 g/mol. The van der Waals surface area contributed by atoms with Gasteiger partial charge in [0.2, 0.25) is 0 Å². The third kappa shape index (κ3) is 3.58. The molecule has 0 N–H and O–H groups in total. The van der Waals surface area contributed by atoms with Gasteiger partial charge in [0.15, 0.2) is 11.5 Å². The maximum atomic E-state index is 13.7. The fourth-order valence-corrected chi connectivity index (χ4v) is 4.04. The van der Waals surface area contributed by atoms with Crippen LogP contribution in [0.2, 0.25) is 5.02 Å². The standard InChI is InChI=1S/C22H21ClN6O4/c1-22(5-6-22)21-26-19(33-27-21)16-18-20(30)28(7-8-32-10-9-31-2)17-13(11-24)14(23)3-4-15(17)29(18)12-25-16/h3-4,12H,5-10H2,1-2H3. The van der Waals surface area contributed by atoms with E-state index in [-0.39, 0.29) is 46.1 Å². The third-order valence-corrected chi connectivity index (χ3v) is 6.34. The smallest absolute Gasteiger partial charge is 0.279 e. The molecule has 33 heavy (non-hydrogen) atoms. The topological polar surface area (TPSA) is 120 Å². The van der Waals surface area contributed by atoms with Crippen molar-refractivity contribution < 1.29 is 14.0 Å². The van der Waals surface area contributed by atoms with Gasteiger partial charge >= 0.3 is 0 Å². The van der Waals surface area contributed by atoms with E-state index in [1.165, 1.54) is 10.9 Å². The van der Waals surface area contributed by atoms with Crippen LogP contribution in [0.15, 0.2) is 27.8 Å². The lowest BCUT2D eigenvalue weighted by Gasteiger charge is -2.14. The fraction of sp³-hybridized carbons (Fsp3) is 0.409. The number of hydrogen-bond donors (Lipinski definition) is 0. The summed E-state index contributed by atoms with van der Waals surface area (Å²) in [4.78, 5) is 22.6. The Morgan fingerprint density at radius 3 is 2.82 bits per heavy atom. The fourth-order valence-electron chi connectivity index (χ4n) is 3.84. The lowest BCUT2D eigenvalue weighted by atomic mass is 10.1. The maximum Gasteiger partial charge on any atom is 0.279 e. The number of hydrogen-bond acceptors (Lipinski definition) is 8. The summed E-state index contributed by atoms with van der Waals surface area (Å²) in [6.07, 6.45) is 3.51. The minimum Gasteiger partial charge on any atom is -0.382 e. The number of aromatic nitrogens is 5. The molecule has 0 atom stereocenters. The first-order valence-electron chi connectivity index (χ1n) is 10.5. The molecule has 3 aromatic heterocycles. The summed E-state index contributed by atoms with van der Waals surface area (Å²) in [5, 5.41) is 14.1. The van der Waals surface area contributed by atoms with Crippen molar-refractivity contribution in [1.29, 1.82) is 5.26 Å². The van der Waals surface area contributed by atoms with Gasteiger partial charge in [0.05, 0.1) is 41.4 Å². The Kier molecular flexibility index (Phi) is 5.40. The molecule has 1 aliphatic carbocycles. The monoisotopic (exact) mass is 468 g/mol. The van der Waals surface area contributed by atoms with Crippen LogP contribution in [-0.4, -0.2) is 51.0 Å². The molecule has 0 unspecified atom stereocenters. The quantitative estimate of drug-likeness (QED) is 0.362. The van der Waals surface area contributed by atoms with Gasteiger partial charge in [-0.2, -0.15) is 10.2 Å². The average Bonchev–Trinajstić information content (AvgIpc) is 3.20. The minimum absolute atomic E-state index is 0.0812. The van der Waals surface area contributed by atoms with Crippen molar-refractivity contribution >= 4 is 28.2 Å². The maximum absolute atomic E-state index is 13.7. The molecule has 1 aliphatic rings.